The van der Waals surface area contributed by atoms with Crippen molar-refractivity contribution >= 4 is 17.1 Å². The number of rotatable bonds is 3. The fraction of sp³-hybridized carbons (Fsp3) is 0.133. The van der Waals surface area contributed by atoms with Crippen molar-refractivity contribution in [3.63, 3.8) is 0 Å². The molecule has 0 aliphatic rings. The van der Waals surface area contributed by atoms with Crippen LogP contribution in [-0.4, -0.2) is 23.0 Å². The minimum Gasteiger partial charge on any atom is -0.469 e. The zero-order valence-corrected chi connectivity index (χ0v) is 10.9. The monoisotopic (exact) mass is 268 g/mol. The van der Waals surface area contributed by atoms with Gasteiger partial charge < -0.3 is 9.15 Å². The molecule has 0 radical (unpaired) electrons. The molecule has 100 valence electrons. The number of carbonyl (C=O) groups is 1. The lowest BCUT2D eigenvalue weighted by atomic mass is 10.1. The lowest BCUT2D eigenvalue weighted by molar-refractivity contribution is -0.139. The Kier molecular flexibility index (Phi) is 3.16. The van der Waals surface area contributed by atoms with Crippen LogP contribution in [-0.2, 0) is 16.0 Å². The number of nitrogens with zero attached hydrogens (tertiary/aromatic N) is 2. The fourth-order valence-electron chi connectivity index (χ4n) is 1.93. The Bertz CT molecular complexity index is 750. The van der Waals surface area contributed by atoms with Crippen molar-refractivity contribution in [3.05, 3.63) is 48.3 Å². The van der Waals surface area contributed by atoms with Crippen molar-refractivity contribution in [2.24, 2.45) is 0 Å². The lowest BCUT2D eigenvalue weighted by Gasteiger charge is -1.98. The number of ether oxygens (including phenoxy) is 1. The summed E-state index contributed by atoms with van der Waals surface area (Å²) in [5, 5.41) is 0. The number of hydrogen-bond acceptors (Lipinski definition) is 5. The summed E-state index contributed by atoms with van der Waals surface area (Å²) in [6, 6.07) is 9.19. The van der Waals surface area contributed by atoms with Crippen LogP contribution in [0.25, 0.3) is 22.6 Å². The molecule has 0 spiro atoms. The average molecular weight is 268 g/mol. The van der Waals surface area contributed by atoms with Crippen LogP contribution in [0.15, 0.2) is 47.1 Å². The van der Waals surface area contributed by atoms with Gasteiger partial charge in [0.15, 0.2) is 5.58 Å². The normalized spacial score (nSPS) is 10.7. The van der Waals surface area contributed by atoms with E-state index in [1.807, 2.05) is 24.3 Å². The molecule has 2 aromatic heterocycles. The highest BCUT2D eigenvalue weighted by molar-refractivity contribution is 5.79. The Morgan fingerprint density at radius 3 is 3.00 bits per heavy atom. The summed E-state index contributed by atoms with van der Waals surface area (Å²) in [6.07, 6.45) is 3.61. The number of benzene rings is 1. The molecule has 2 heterocycles. The highest BCUT2D eigenvalue weighted by atomic mass is 16.5. The molecule has 0 amide bonds. The third-order valence-electron chi connectivity index (χ3n) is 2.94. The van der Waals surface area contributed by atoms with Crippen molar-refractivity contribution in [1.82, 2.24) is 9.97 Å². The van der Waals surface area contributed by atoms with Crippen LogP contribution in [0.3, 0.4) is 0 Å². The maximum Gasteiger partial charge on any atom is 0.309 e. The van der Waals surface area contributed by atoms with Crippen LogP contribution in [0.2, 0.25) is 0 Å². The van der Waals surface area contributed by atoms with Gasteiger partial charge in [-0.15, -0.1) is 0 Å². The first kappa shape index (κ1) is 12.3. The van der Waals surface area contributed by atoms with Gasteiger partial charge in [0.05, 0.1) is 19.1 Å². The summed E-state index contributed by atoms with van der Waals surface area (Å²) in [6.45, 7) is 0. The minimum absolute atomic E-state index is 0.218. The number of esters is 1. The first-order valence-electron chi connectivity index (χ1n) is 6.13. The molecule has 3 rings (SSSR count). The molecule has 0 saturated heterocycles. The zero-order chi connectivity index (χ0) is 13.9. The predicted octanol–water partition coefficient (Wildman–Crippen LogP) is 2.61. The molecule has 0 N–H and O–H groups in total. The third-order valence-corrected chi connectivity index (χ3v) is 2.94. The van der Waals surface area contributed by atoms with Gasteiger partial charge in [-0.25, -0.2) is 4.98 Å². The highest BCUT2D eigenvalue weighted by Gasteiger charge is 2.10. The Morgan fingerprint density at radius 1 is 1.35 bits per heavy atom. The summed E-state index contributed by atoms with van der Waals surface area (Å²) in [5.41, 5.74) is 3.04. The molecule has 3 aromatic rings. The second-order valence-electron chi connectivity index (χ2n) is 4.32. The van der Waals surface area contributed by atoms with E-state index >= 15 is 0 Å². The molecule has 1 aromatic carbocycles. The molecular formula is C15H12N2O3. The Balaban J connectivity index is 1.97. The molecule has 5 heteroatoms. The van der Waals surface area contributed by atoms with E-state index < -0.39 is 0 Å². The van der Waals surface area contributed by atoms with Gasteiger partial charge in [-0.3, -0.25) is 9.78 Å². The molecule has 20 heavy (non-hydrogen) atoms. The molecule has 0 bridgehead atoms. The van der Waals surface area contributed by atoms with E-state index in [1.54, 1.807) is 18.5 Å². The van der Waals surface area contributed by atoms with Crippen LogP contribution < -0.4 is 0 Å². The summed E-state index contributed by atoms with van der Waals surface area (Å²) in [4.78, 5) is 19.7. The van der Waals surface area contributed by atoms with Crippen molar-refractivity contribution in [2.45, 2.75) is 6.42 Å². The van der Waals surface area contributed by atoms with E-state index in [2.05, 4.69) is 14.7 Å². The van der Waals surface area contributed by atoms with Crippen LogP contribution in [0.5, 0.6) is 0 Å². The van der Waals surface area contributed by atoms with Crippen LogP contribution >= 0.6 is 0 Å². The smallest absolute Gasteiger partial charge is 0.309 e. The van der Waals surface area contributed by atoms with Gasteiger partial charge in [0.2, 0.25) is 5.89 Å². The minimum atomic E-state index is -0.281. The standard InChI is InChI=1S/C15H12N2O3/c1-19-14(18)8-10-4-5-12-13(7-10)20-15(17-12)11-3-2-6-16-9-11/h2-7,9H,8H2,1H3. The van der Waals surface area contributed by atoms with E-state index in [0.717, 1.165) is 16.6 Å². The van der Waals surface area contributed by atoms with Crippen molar-refractivity contribution in [3.8, 4) is 11.5 Å². The third kappa shape index (κ3) is 2.38. The van der Waals surface area contributed by atoms with Crippen LogP contribution in [0.1, 0.15) is 5.56 Å². The van der Waals surface area contributed by atoms with Gasteiger partial charge in [0, 0.05) is 12.4 Å². The summed E-state index contributed by atoms with van der Waals surface area (Å²) in [5.74, 6) is 0.236. The zero-order valence-electron chi connectivity index (χ0n) is 10.9. The second-order valence-corrected chi connectivity index (χ2v) is 4.32. The topological polar surface area (TPSA) is 65.2 Å². The molecule has 0 aliphatic carbocycles. The maximum atomic E-state index is 11.3. The largest absolute Gasteiger partial charge is 0.469 e. The maximum absolute atomic E-state index is 11.3. The number of aromatic nitrogens is 2. The molecule has 0 unspecified atom stereocenters. The first-order valence-corrected chi connectivity index (χ1v) is 6.13. The second kappa shape index (κ2) is 5.13. The number of methoxy groups -OCH3 is 1. The Hall–Kier alpha value is -2.69. The van der Waals surface area contributed by atoms with E-state index in [1.165, 1.54) is 7.11 Å². The van der Waals surface area contributed by atoms with Gasteiger partial charge in [0.1, 0.15) is 5.52 Å². The average Bonchev–Trinajstić information content (AvgIpc) is 2.91. The van der Waals surface area contributed by atoms with Crippen molar-refractivity contribution in [1.29, 1.82) is 0 Å². The Labute approximate surface area is 115 Å². The molecule has 0 fully saturated rings. The van der Waals surface area contributed by atoms with Crippen LogP contribution in [0, 0.1) is 0 Å². The lowest BCUT2D eigenvalue weighted by Crippen LogP contribution is -2.03. The Morgan fingerprint density at radius 2 is 2.25 bits per heavy atom. The predicted molar refractivity (Wildman–Crippen MR) is 73.0 cm³/mol. The highest BCUT2D eigenvalue weighted by Crippen LogP contribution is 2.24. The number of oxazole rings is 1. The van der Waals surface area contributed by atoms with Gasteiger partial charge in [-0.2, -0.15) is 0 Å². The number of carbonyl (C=O) groups excluding carboxylic acids is 1. The van der Waals surface area contributed by atoms with E-state index in [-0.39, 0.29) is 12.4 Å². The number of pyridine rings is 1. The van der Waals surface area contributed by atoms with E-state index in [0.29, 0.717) is 11.5 Å². The summed E-state index contributed by atoms with van der Waals surface area (Å²) >= 11 is 0. The molecule has 0 aliphatic heterocycles. The van der Waals surface area contributed by atoms with Crippen LogP contribution in [0.4, 0.5) is 0 Å². The molecule has 5 nitrogen and oxygen atoms in total. The van der Waals surface area contributed by atoms with Crippen molar-refractivity contribution < 1.29 is 13.9 Å². The molecular weight excluding hydrogens is 256 g/mol. The quantitative estimate of drug-likeness (QED) is 0.683. The van der Waals surface area contributed by atoms with E-state index in [4.69, 9.17) is 4.42 Å². The number of hydrogen-bond donors (Lipinski definition) is 0. The molecule has 0 saturated carbocycles. The van der Waals surface area contributed by atoms with Gasteiger partial charge in [-0.05, 0) is 29.8 Å². The van der Waals surface area contributed by atoms with Gasteiger partial charge >= 0.3 is 5.97 Å². The van der Waals surface area contributed by atoms with E-state index in [9.17, 15) is 4.79 Å². The van der Waals surface area contributed by atoms with Crippen molar-refractivity contribution in [2.75, 3.05) is 7.11 Å². The first-order chi connectivity index (χ1) is 9.76. The van der Waals surface area contributed by atoms with Gasteiger partial charge in [-0.1, -0.05) is 6.07 Å². The summed E-state index contributed by atoms with van der Waals surface area (Å²) in [7, 11) is 1.37. The summed E-state index contributed by atoms with van der Waals surface area (Å²) < 4.78 is 10.4. The fourth-order valence-corrected chi connectivity index (χ4v) is 1.93. The molecule has 0 atom stereocenters. The number of fused-ring (bicyclic) bond motifs is 1. The van der Waals surface area contributed by atoms with Gasteiger partial charge in [0.25, 0.3) is 0 Å². The SMILES string of the molecule is COC(=O)Cc1ccc2nc(-c3cccnc3)oc2c1.